The largest absolute Gasteiger partial charge is 0.399 e. The van der Waals surface area contributed by atoms with E-state index in [2.05, 4.69) is 15.5 Å². The maximum absolute atomic E-state index is 11.3. The molecule has 1 heterocycles. The van der Waals surface area contributed by atoms with Crippen molar-refractivity contribution in [3.8, 4) is 0 Å². The van der Waals surface area contributed by atoms with Gasteiger partial charge in [0.05, 0.1) is 17.8 Å². The molecule has 0 spiro atoms. The number of anilines is 2. The van der Waals surface area contributed by atoms with E-state index in [1.54, 1.807) is 30.5 Å². The van der Waals surface area contributed by atoms with Crippen molar-refractivity contribution in [1.29, 1.82) is 0 Å². The number of aromatic nitrogens is 2. The van der Waals surface area contributed by atoms with Gasteiger partial charge in [-0.25, -0.2) is 0 Å². The van der Waals surface area contributed by atoms with E-state index in [0.29, 0.717) is 23.5 Å². The maximum atomic E-state index is 11.3. The fourth-order valence-corrected chi connectivity index (χ4v) is 1.54. The molecule has 0 saturated heterocycles. The number of benzene rings is 1. The number of primary amides is 1. The lowest BCUT2D eigenvalue weighted by Crippen LogP contribution is -2.15. The number of hydrogen-bond donors (Lipinski definition) is 3. The van der Waals surface area contributed by atoms with Crippen LogP contribution >= 0.6 is 0 Å². The van der Waals surface area contributed by atoms with Crippen LogP contribution in [0.4, 0.5) is 11.4 Å². The van der Waals surface area contributed by atoms with Crippen LogP contribution in [0.2, 0.25) is 0 Å². The van der Waals surface area contributed by atoms with E-state index >= 15 is 0 Å². The highest BCUT2D eigenvalue weighted by Gasteiger charge is 2.08. The van der Waals surface area contributed by atoms with Crippen LogP contribution in [-0.2, 0) is 6.54 Å². The Bertz CT molecular complexity index is 556. The van der Waals surface area contributed by atoms with Gasteiger partial charge in [-0.05, 0) is 30.3 Å². The average molecular weight is 243 g/mol. The predicted molar refractivity (Wildman–Crippen MR) is 68.7 cm³/mol. The van der Waals surface area contributed by atoms with Gasteiger partial charge in [-0.2, -0.15) is 10.2 Å². The predicted octanol–water partition coefficient (Wildman–Crippen LogP) is 0.770. The summed E-state index contributed by atoms with van der Waals surface area (Å²) in [4.78, 5) is 11.3. The van der Waals surface area contributed by atoms with Crippen LogP contribution in [0.1, 0.15) is 16.1 Å². The summed E-state index contributed by atoms with van der Waals surface area (Å²) in [6.07, 6.45) is 1.60. The molecule has 18 heavy (non-hydrogen) atoms. The second kappa shape index (κ2) is 5.13. The molecular weight excluding hydrogens is 230 g/mol. The molecule has 0 aliphatic carbocycles. The Balaban J connectivity index is 2.18. The highest BCUT2D eigenvalue weighted by molar-refractivity contribution is 5.99. The van der Waals surface area contributed by atoms with Gasteiger partial charge in [0, 0.05) is 17.6 Å². The number of hydrogen-bond acceptors (Lipinski definition) is 5. The molecule has 1 amide bonds. The van der Waals surface area contributed by atoms with Crippen LogP contribution in [0.3, 0.4) is 0 Å². The first kappa shape index (κ1) is 11.8. The molecule has 0 aliphatic heterocycles. The molecule has 5 N–H and O–H groups in total. The topological polar surface area (TPSA) is 107 Å². The highest BCUT2D eigenvalue weighted by Crippen LogP contribution is 2.19. The van der Waals surface area contributed by atoms with Crippen molar-refractivity contribution >= 4 is 17.3 Å². The van der Waals surface area contributed by atoms with E-state index < -0.39 is 5.91 Å². The van der Waals surface area contributed by atoms with Gasteiger partial charge in [0.15, 0.2) is 0 Å². The monoisotopic (exact) mass is 243 g/mol. The molecule has 0 fully saturated rings. The van der Waals surface area contributed by atoms with E-state index in [-0.39, 0.29) is 0 Å². The molecule has 1 aromatic carbocycles. The fraction of sp³-hybridized carbons (Fsp3) is 0.0833. The molecule has 0 radical (unpaired) electrons. The van der Waals surface area contributed by atoms with Crippen LogP contribution in [0.15, 0.2) is 36.5 Å². The van der Waals surface area contributed by atoms with Crippen molar-refractivity contribution in [2.45, 2.75) is 6.54 Å². The van der Waals surface area contributed by atoms with E-state index in [1.165, 1.54) is 0 Å². The second-order valence-electron chi connectivity index (χ2n) is 3.74. The van der Waals surface area contributed by atoms with Gasteiger partial charge in [0.25, 0.3) is 5.91 Å². The molecule has 2 aromatic rings. The van der Waals surface area contributed by atoms with Crippen molar-refractivity contribution in [2.75, 3.05) is 11.1 Å². The normalized spacial score (nSPS) is 10.0. The summed E-state index contributed by atoms with van der Waals surface area (Å²) in [7, 11) is 0. The minimum Gasteiger partial charge on any atom is -0.399 e. The van der Waals surface area contributed by atoms with Gasteiger partial charge in [0.2, 0.25) is 0 Å². The Morgan fingerprint density at radius 1 is 1.33 bits per heavy atom. The van der Waals surface area contributed by atoms with Gasteiger partial charge < -0.3 is 16.8 Å². The third-order valence-corrected chi connectivity index (χ3v) is 2.40. The molecule has 0 unspecified atom stereocenters. The first-order chi connectivity index (χ1) is 8.66. The van der Waals surface area contributed by atoms with Crippen LogP contribution in [0, 0.1) is 0 Å². The third kappa shape index (κ3) is 2.73. The summed E-state index contributed by atoms with van der Waals surface area (Å²) >= 11 is 0. The van der Waals surface area contributed by atoms with E-state index in [1.807, 2.05) is 6.07 Å². The Hall–Kier alpha value is -2.63. The molecule has 1 aromatic heterocycles. The lowest BCUT2D eigenvalue weighted by molar-refractivity contribution is 0.100. The maximum Gasteiger partial charge on any atom is 0.250 e. The van der Waals surface area contributed by atoms with Gasteiger partial charge in [-0.3, -0.25) is 4.79 Å². The van der Waals surface area contributed by atoms with Crippen molar-refractivity contribution in [2.24, 2.45) is 5.73 Å². The number of nitrogens with two attached hydrogens (primary N) is 2. The first-order valence-corrected chi connectivity index (χ1v) is 5.36. The van der Waals surface area contributed by atoms with Gasteiger partial charge in [-0.15, -0.1) is 0 Å². The highest BCUT2D eigenvalue weighted by atomic mass is 16.1. The first-order valence-electron chi connectivity index (χ1n) is 5.36. The van der Waals surface area contributed by atoms with Gasteiger partial charge in [-0.1, -0.05) is 0 Å². The molecule has 92 valence electrons. The average Bonchev–Trinajstić information content (AvgIpc) is 2.37. The quantitative estimate of drug-likeness (QED) is 0.687. The van der Waals surface area contributed by atoms with Crippen molar-refractivity contribution in [3.05, 3.63) is 47.8 Å². The SMILES string of the molecule is NC(=O)c1ccc(N)cc1NCc1cccnn1. The Morgan fingerprint density at radius 3 is 2.83 bits per heavy atom. The summed E-state index contributed by atoms with van der Waals surface area (Å²) in [5.41, 5.74) is 13.3. The molecule has 0 bridgehead atoms. The molecule has 0 atom stereocenters. The molecule has 0 saturated carbocycles. The van der Waals surface area contributed by atoms with Gasteiger partial charge in [0.1, 0.15) is 0 Å². The Morgan fingerprint density at radius 2 is 2.17 bits per heavy atom. The number of nitrogen functional groups attached to an aromatic ring is 1. The molecule has 6 heteroatoms. The summed E-state index contributed by atoms with van der Waals surface area (Å²) in [5.74, 6) is -0.503. The number of amides is 1. The minimum atomic E-state index is -0.503. The van der Waals surface area contributed by atoms with Crippen LogP contribution in [-0.4, -0.2) is 16.1 Å². The van der Waals surface area contributed by atoms with Crippen molar-refractivity contribution < 1.29 is 4.79 Å². The van der Waals surface area contributed by atoms with E-state index in [9.17, 15) is 4.79 Å². The fourth-order valence-electron chi connectivity index (χ4n) is 1.54. The van der Waals surface area contributed by atoms with Crippen molar-refractivity contribution in [3.63, 3.8) is 0 Å². The zero-order chi connectivity index (χ0) is 13.0. The number of carbonyl (C=O) groups is 1. The zero-order valence-corrected chi connectivity index (χ0v) is 9.63. The molecule has 0 aliphatic rings. The van der Waals surface area contributed by atoms with Crippen molar-refractivity contribution in [1.82, 2.24) is 10.2 Å². The molecular formula is C12H13N5O. The summed E-state index contributed by atoms with van der Waals surface area (Å²) in [5, 5.41) is 10.8. The van der Waals surface area contributed by atoms with Gasteiger partial charge >= 0.3 is 0 Å². The molecule has 6 nitrogen and oxygen atoms in total. The smallest absolute Gasteiger partial charge is 0.250 e. The number of nitrogens with one attached hydrogen (secondary N) is 1. The van der Waals surface area contributed by atoms with Crippen LogP contribution < -0.4 is 16.8 Å². The van der Waals surface area contributed by atoms with Crippen LogP contribution in [0.25, 0.3) is 0 Å². The Kier molecular flexibility index (Phi) is 3.38. The minimum absolute atomic E-state index is 0.396. The molecule has 2 rings (SSSR count). The number of nitrogens with zero attached hydrogens (tertiary/aromatic N) is 2. The Labute approximate surface area is 104 Å². The lowest BCUT2D eigenvalue weighted by Gasteiger charge is -2.10. The second-order valence-corrected chi connectivity index (χ2v) is 3.74. The number of rotatable bonds is 4. The van der Waals surface area contributed by atoms with Crippen LogP contribution in [0.5, 0.6) is 0 Å². The lowest BCUT2D eigenvalue weighted by atomic mass is 10.1. The standard InChI is InChI=1S/C12H13N5O/c13-8-3-4-10(12(14)18)11(6-8)15-7-9-2-1-5-16-17-9/h1-6,15H,7,13H2,(H2,14,18). The van der Waals surface area contributed by atoms with E-state index in [0.717, 1.165) is 5.69 Å². The number of carbonyl (C=O) groups excluding carboxylic acids is 1. The third-order valence-electron chi connectivity index (χ3n) is 2.40. The summed E-state index contributed by atoms with van der Waals surface area (Å²) < 4.78 is 0. The van der Waals surface area contributed by atoms with E-state index in [4.69, 9.17) is 11.5 Å². The zero-order valence-electron chi connectivity index (χ0n) is 9.63. The summed E-state index contributed by atoms with van der Waals surface area (Å²) in [6, 6.07) is 8.51. The summed E-state index contributed by atoms with van der Waals surface area (Å²) in [6.45, 7) is 0.442.